The first-order valence-corrected chi connectivity index (χ1v) is 12.1. The number of carbonyl (C=O) groups is 1. The highest BCUT2D eigenvalue weighted by Gasteiger charge is 2.27. The lowest BCUT2D eigenvalue weighted by Crippen LogP contribution is -2.37. The Hall–Kier alpha value is -2.42. The lowest BCUT2D eigenvalue weighted by molar-refractivity contribution is 0.0934. The molecule has 0 radical (unpaired) electrons. The summed E-state index contributed by atoms with van der Waals surface area (Å²) in [6, 6.07) is 14.7. The fourth-order valence-electron chi connectivity index (χ4n) is 3.94. The SMILES string of the molecule is CCN(CC)S(=O)(=O)c1ccc(OC)c(C(=O)NC2CCN(Cc3ccccc3)C2)c1. The lowest BCUT2D eigenvalue weighted by Gasteiger charge is -2.20. The number of likely N-dealkylation sites (tertiary alicyclic amines) is 1. The Morgan fingerprint density at radius 2 is 1.87 bits per heavy atom. The second-order valence-electron chi connectivity index (χ2n) is 7.63. The van der Waals surface area contributed by atoms with Gasteiger partial charge in [0, 0.05) is 38.8 Å². The van der Waals surface area contributed by atoms with Gasteiger partial charge in [0.2, 0.25) is 10.0 Å². The molecule has 1 unspecified atom stereocenters. The van der Waals surface area contributed by atoms with Gasteiger partial charge < -0.3 is 10.1 Å². The van der Waals surface area contributed by atoms with Crippen LogP contribution in [0.3, 0.4) is 0 Å². The Bertz CT molecular complexity index is 991. The van der Waals surface area contributed by atoms with E-state index in [1.165, 1.54) is 29.1 Å². The van der Waals surface area contributed by atoms with Crippen molar-refractivity contribution in [1.82, 2.24) is 14.5 Å². The Kier molecular flexibility index (Phi) is 7.69. The molecule has 1 heterocycles. The van der Waals surface area contributed by atoms with Crippen molar-refractivity contribution in [3.05, 3.63) is 59.7 Å². The van der Waals surface area contributed by atoms with Crippen LogP contribution < -0.4 is 10.1 Å². The Balaban J connectivity index is 1.72. The minimum Gasteiger partial charge on any atom is -0.496 e. The number of ether oxygens (including phenoxy) is 1. The van der Waals surface area contributed by atoms with Crippen LogP contribution in [0.1, 0.15) is 36.2 Å². The van der Waals surface area contributed by atoms with E-state index in [2.05, 4.69) is 22.3 Å². The minimum atomic E-state index is -3.66. The van der Waals surface area contributed by atoms with Crippen molar-refractivity contribution in [2.24, 2.45) is 0 Å². The molecule has 1 fully saturated rings. The number of sulfonamides is 1. The Morgan fingerprint density at radius 1 is 1.16 bits per heavy atom. The van der Waals surface area contributed by atoms with Gasteiger partial charge in [-0.1, -0.05) is 44.2 Å². The van der Waals surface area contributed by atoms with Crippen LogP contribution in [0, 0.1) is 0 Å². The Morgan fingerprint density at radius 3 is 2.52 bits per heavy atom. The van der Waals surface area contributed by atoms with Crippen LogP contribution in [0.5, 0.6) is 5.75 Å². The molecule has 0 aliphatic carbocycles. The van der Waals surface area contributed by atoms with Crippen LogP contribution in [0.2, 0.25) is 0 Å². The van der Waals surface area contributed by atoms with Crippen LogP contribution in [0.25, 0.3) is 0 Å². The molecule has 0 spiro atoms. The Labute approximate surface area is 185 Å². The first kappa shape index (κ1) is 23.2. The first-order chi connectivity index (χ1) is 14.9. The van der Waals surface area contributed by atoms with Crippen molar-refractivity contribution in [2.45, 2.75) is 37.8 Å². The quantitative estimate of drug-likeness (QED) is 0.642. The molecule has 168 valence electrons. The van der Waals surface area contributed by atoms with Gasteiger partial charge in [0.05, 0.1) is 17.6 Å². The van der Waals surface area contributed by atoms with Gasteiger partial charge in [0.15, 0.2) is 0 Å². The van der Waals surface area contributed by atoms with Gasteiger partial charge in [-0.2, -0.15) is 4.31 Å². The molecule has 1 atom stereocenters. The summed E-state index contributed by atoms with van der Waals surface area (Å²) in [6.45, 7) is 6.80. The van der Waals surface area contributed by atoms with Gasteiger partial charge in [0.1, 0.15) is 5.75 Å². The molecule has 3 rings (SSSR count). The monoisotopic (exact) mass is 445 g/mol. The molecular weight excluding hydrogens is 414 g/mol. The highest BCUT2D eigenvalue weighted by molar-refractivity contribution is 7.89. The van der Waals surface area contributed by atoms with Gasteiger partial charge >= 0.3 is 0 Å². The lowest BCUT2D eigenvalue weighted by atomic mass is 10.1. The van der Waals surface area contributed by atoms with Crippen molar-refractivity contribution in [3.8, 4) is 5.75 Å². The second-order valence-corrected chi connectivity index (χ2v) is 9.57. The molecular formula is C23H31N3O4S. The average molecular weight is 446 g/mol. The smallest absolute Gasteiger partial charge is 0.255 e. The number of amides is 1. The highest BCUT2D eigenvalue weighted by atomic mass is 32.2. The summed E-state index contributed by atoms with van der Waals surface area (Å²) in [7, 11) is -2.19. The van der Waals surface area contributed by atoms with Crippen molar-refractivity contribution in [1.29, 1.82) is 0 Å². The maximum Gasteiger partial charge on any atom is 0.255 e. The molecule has 8 heteroatoms. The summed E-state index contributed by atoms with van der Waals surface area (Å²) >= 11 is 0. The largest absolute Gasteiger partial charge is 0.496 e. The first-order valence-electron chi connectivity index (χ1n) is 10.6. The van der Waals surface area contributed by atoms with Crippen LogP contribution in [0.15, 0.2) is 53.4 Å². The number of methoxy groups -OCH3 is 1. The normalized spacial score (nSPS) is 17.1. The fourth-order valence-corrected chi connectivity index (χ4v) is 5.42. The third-order valence-electron chi connectivity index (χ3n) is 5.62. The number of nitrogens with zero attached hydrogens (tertiary/aromatic N) is 2. The van der Waals surface area contributed by atoms with E-state index < -0.39 is 10.0 Å². The van der Waals surface area contributed by atoms with Crippen LogP contribution in [-0.2, 0) is 16.6 Å². The minimum absolute atomic E-state index is 0.00367. The molecule has 1 saturated heterocycles. The van der Waals surface area contributed by atoms with Crippen molar-refractivity contribution >= 4 is 15.9 Å². The number of hydrogen-bond donors (Lipinski definition) is 1. The summed E-state index contributed by atoms with van der Waals surface area (Å²) in [5.74, 6) is 0.0372. The molecule has 7 nitrogen and oxygen atoms in total. The molecule has 31 heavy (non-hydrogen) atoms. The molecule has 0 saturated carbocycles. The molecule has 2 aromatic carbocycles. The number of nitrogens with one attached hydrogen (secondary N) is 1. The van der Waals surface area contributed by atoms with Crippen LogP contribution in [0.4, 0.5) is 0 Å². The van der Waals surface area contributed by atoms with E-state index in [9.17, 15) is 13.2 Å². The summed E-state index contributed by atoms with van der Waals surface area (Å²) in [5.41, 5.74) is 1.47. The van der Waals surface area contributed by atoms with E-state index in [4.69, 9.17) is 4.74 Å². The second kappa shape index (κ2) is 10.3. The predicted octanol–water partition coefficient (Wildman–Crippen LogP) is 2.73. The van der Waals surface area contributed by atoms with Crippen LogP contribution in [-0.4, -0.2) is 62.9 Å². The zero-order chi connectivity index (χ0) is 22.4. The van der Waals surface area contributed by atoms with E-state index in [1.807, 2.05) is 18.2 Å². The van der Waals surface area contributed by atoms with Gasteiger partial charge in [-0.25, -0.2) is 8.42 Å². The number of hydrogen-bond acceptors (Lipinski definition) is 5. The molecule has 1 aliphatic heterocycles. The number of rotatable bonds is 9. The number of benzene rings is 2. The van der Waals surface area contributed by atoms with E-state index in [1.54, 1.807) is 19.9 Å². The zero-order valence-electron chi connectivity index (χ0n) is 18.4. The van der Waals surface area contributed by atoms with Gasteiger partial charge in [0.25, 0.3) is 5.91 Å². The summed E-state index contributed by atoms with van der Waals surface area (Å²) in [6.07, 6.45) is 0.846. The predicted molar refractivity (Wildman–Crippen MR) is 121 cm³/mol. The van der Waals surface area contributed by atoms with Gasteiger partial charge in [-0.05, 0) is 30.2 Å². The van der Waals surface area contributed by atoms with Crippen LogP contribution >= 0.6 is 0 Å². The van der Waals surface area contributed by atoms with E-state index >= 15 is 0 Å². The zero-order valence-corrected chi connectivity index (χ0v) is 19.2. The average Bonchev–Trinajstić information content (AvgIpc) is 3.21. The molecule has 0 bridgehead atoms. The van der Waals surface area contributed by atoms with E-state index in [0.29, 0.717) is 18.8 Å². The summed E-state index contributed by atoms with van der Waals surface area (Å²) in [5, 5.41) is 3.05. The fraction of sp³-hybridized carbons (Fsp3) is 0.435. The van der Waals surface area contributed by atoms with E-state index in [0.717, 1.165) is 26.1 Å². The summed E-state index contributed by atoms with van der Waals surface area (Å²) < 4.78 is 32.5. The third-order valence-corrected chi connectivity index (χ3v) is 7.66. The van der Waals surface area contributed by atoms with E-state index in [-0.39, 0.29) is 22.4 Å². The van der Waals surface area contributed by atoms with Crippen molar-refractivity contribution in [3.63, 3.8) is 0 Å². The molecule has 1 aliphatic rings. The molecule has 1 N–H and O–H groups in total. The van der Waals surface area contributed by atoms with Gasteiger partial charge in [-0.15, -0.1) is 0 Å². The molecule has 1 amide bonds. The number of carbonyl (C=O) groups excluding carboxylic acids is 1. The maximum atomic E-state index is 13.0. The highest BCUT2D eigenvalue weighted by Crippen LogP contribution is 2.25. The molecule has 2 aromatic rings. The van der Waals surface area contributed by atoms with Crippen molar-refractivity contribution < 1.29 is 17.9 Å². The maximum absolute atomic E-state index is 13.0. The third kappa shape index (κ3) is 5.44. The summed E-state index contributed by atoms with van der Waals surface area (Å²) in [4.78, 5) is 15.4. The van der Waals surface area contributed by atoms with Crippen molar-refractivity contribution in [2.75, 3.05) is 33.3 Å². The molecule has 0 aromatic heterocycles. The van der Waals surface area contributed by atoms with Gasteiger partial charge in [-0.3, -0.25) is 9.69 Å². The standard InChI is InChI=1S/C23H31N3O4S/c1-4-26(5-2)31(28,29)20-11-12-22(30-3)21(15-20)23(27)24-19-13-14-25(17-19)16-18-9-7-6-8-10-18/h6-12,15,19H,4-5,13-14,16-17H2,1-3H3,(H,24,27). The topological polar surface area (TPSA) is 78.9 Å².